The molecule has 1 aliphatic rings. The van der Waals surface area contributed by atoms with Crippen molar-refractivity contribution >= 4 is 14.4 Å². The normalized spacial score (nSPS) is 19.8. The molecule has 0 fully saturated rings. The summed E-state index contributed by atoms with van der Waals surface area (Å²) in [5.41, 5.74) is 8.27. The summed E-state index contributed by atoms with van der Waals surface area (Å²) in [5, 5.41) is 9.73. The predicted molar refractivity (Wildman–Crippen MR) is 98.6 cm³/mol. The third-order valence-electron chi connectivity index (χ3n) is 5.45. The lowest BCUT2D eigenvalue weighted by molar-refractivity contribution is 0.0487. The third kappa shape index (κ3) is 3.82. The lowest BCUT2D eigenvalue weighted by atomic mass is 9.91. The molecule has 0 saturated heterocycles. The van der Waals surface area contributed by atoms with E-state index in [0.717, 1.165) is 5.56 Å². The van der Waals surface area contributed by atoms with Crippen LogP contribution in [0.4, 0.5) is 4.79 Å². The van der Waals surface area contributed by atoms with Gasteiger partial charge in [0, 0.05) is 13.1 Å². The highest BCUT2D eigenvalue weighted by atomic mass is 28.4. The van der Waals surface area contributed by atoms with Gasteiger partial charge in [-0.05, 0) is 35.7 Å². The van der Waals surface area contributed by atoms with Crippen LogP contribution in [0.25, 0.3) is 0 Å². The lowest BCUT2D eigenvalue weighted by Gasteiger charge is -2.45. The number of nitrogens with two attached hydrogens (primary N) is 1. The van der Waals surface area contributed by atoms with Gasteiger partial charge in [0.25, 0.3) is 0 Å². The highest BCUT2D eigenvalue weighted by Crippen LogP contribution is 2.38. The molecule has 1 aromatic rings. The Bertz CT molecular complexity index is 598. The Labute approximate surface area is 145 Å². The number of carbonyl (C=O) groups is 1. The molecule has 134 valence electrons. The van der Waals surface area contributed by atoms with Crippen LogP contribution in [0, 0.1) is 0 Å². The van der Waals surface area contributed by atoms with Crippen molar-refractivity contribution in [3.8, 4) is 0 Å². The Morgan fingerprint density at radius 2 is 1.96 bits per heavy atom. The van der Waals surface area contributed by atoms with Gasteiger partial charge in [0.05, 0.1) is 12.1 Å². The van der Waals surface area contributed by atoms with Crippen molar-refractivity contribution in [3.05, 3.63) is 35.4 Å². The molecule has 2 atom stereocenters. The fourth-order valence-corrected chi connectivity index (χ4v) is 4.29. The molecule has 2 rings (SSSR count). The van der Waals surface area contributed by atoms with Crippen molar-refractivity contribution in [3.63, 3.8) is 0 Å². The highest BCUT2D eigenvalue weighted by molar-refractivity contribution is 6.74. The minimum absolute atomic E-state index is 0.0566. The first-order chi connectivity index (χ1) is 11.1. The summed E-state index contributed by atoms with van der Waals surface area (Å²) in [6, 6.07) is 7.77. The molecule has 0 radical (unpaired) electrons. The molecule has 1 heterocycles. The van der Waals surface area contributed by atoms with Crippen LogP contribution in [-0.2, 0) is 17.4 Å². The Morgan fingerprint density at radius 3 is 2.46 bits per heavy atom. The number of benzene rings is 1. The monoisotopic (exact) mass is 350 g/mol. The summed E-state index contributed by atoms with van der Waals surface area (Å²) < 4.78 is 6.50. The molecule has 1 aliphatic heterocycles. The van der Waals surface area contributed by atoms with Gasteiger partial charge in [0.2, 0.25) is 0 Å². The van der Waals surface area contributed by atoms with Crippen molar-refractivity contribution < 1.29 is 14.3 Å². The number of hydrogen-bond donors (Lipinski definition) is 2. The van der Waals surface area contributed by atoms with Crippen LogP contribution in [0.2, 0.25) is 18.1 Å². The van der Waals surface area contributed by atoms with Crippen LogP contribution in [0.5, 0.6) is 0 Å². The van der Waals surface area contributed by atoms with E-state index in [-0.39, 0.29) is 17.2 Å². The van der Waals surface area contributed by atoms with Crippen molar-refractivity contribution in [2.45, 2.75) is 64.0 Å². The second-order valence-corrected chi connectivity index (χ2v) is 12.9. The molecule has 3 N–H and O–H groups in total. The van der Waals surface area contributed by atoms with Gasteiger partial charge < -0.3 is 15.3 Å². The molecular weight excluding hydrogens is 320 g/mol. The van der Waals surface area contributed by atoms with E-state index in [2.05, 4.69) is 39.9 Å². The molecule has 5 nitrogen and oxygen atoms in total. The number of fused-ring (bicyclic) bond motifs is 1. The summed E-state index contributed by atoms with van der Waals surface area (Å²) in [5.74, 6) is 0. The van der Waals surface area contributed by atoms with Gasteiger partial charge in [0.15, 0.2) is 8.32 Å². The van der Waals surface area contributed by atoms with Crippen LogP contribution in [0.1, 0.15) is 31.9 Å². The quantitative estimate of drug-likeness (QED) is 0.816. The largest absolute Gasteiger partial charge is 0.465 e. The minimum atomic E-state index is -2.03. The van der Waals surface area contributed by atoms with Crippen molar-refractivity contribution in [1.82, 2.24) is 4.90 Å². The van der Waals surface area contributed by atoms with Gasteiger partial charge in [-0.15, -0.1) is 0 Å². The van der Waals surface area contributed by atoms with Crippen molar-refractivity contribution in [1.29, 1.82) is 0 Å². The van der Waals surface area contributed by atoms with Crippen LogP contribution < -0.4 is 5.73 Å². The van der Waals surface area contributed by atoms with Crippen LogP contribution >= 0.6 is 0 Å². The summed E-state index contributed by atoms with van der Waals surface area (Å²) in [4.78, 5) is 13.3. The van der Waals surface area contributed by atoms with Crippen molar-refractivity contribution in [2.75, 3.05) is 6.54 Å². The van der Waals surface area contributed by atoms with Gasteiger partial charge in [-0.2, -0.15) is 0 Å². The zero-order chi connectivity index (χ0) is 18.1. The lowest BCUT2D eigenvalue weighted by Crippen LogP contribution is -2.57. The third-order valence-corrected chi connectivity index (χ3v) is 9.95. The molecule has 1 unspecified atom stereocenters. The first-order valence-corrected chi connectivity index (χ1v) is 11.4. The van der Waals surface area contributed by atoms with Gasteiger partial charge in [-0.3, -0.25) is 4.90 Å². The molecule has 0 saturated carbocycles. The molecular formula is C18H30N2O3Si. The number of hydrogen-bond acceptors (Lipinski definition) is 3. The number of amides is 1. The number of carboxylic acid groups (broad SMARTS) is 1. The van der Waals surface area contributed by atoms with E-state index in [9.17, 15) is 9.90 Å². The smallest absolute Gasteiger partial charge is 0.407 e. The number of rotatable bonds is 4. The average molecular weight is 351 g/mol. The second kappa shape index (κ2) is 6.86. The molecule has 1 aromatic carbocycles. The molecule has 0 spiro atoms. The first kappa shape index (κ1) is 19.0. The van der Waals surface area contributed by atoms with E-state index in [4.69, 9.17) is 10.2 Å². The Kier molecular flexibility index (Phi) is 5.42. The molecule has 0 aromatic heterocycles. The van der Waals surface area contributed by atoms with Crippen LogP contribution in [-0.4, -0.2) is 43.1 Å². The molecule has 24 heavy (non-hydrogen) atoms. The summed E-state index contributed by atoms with van der Waals surface area (Å²) in [6.45, 7) is 11.6. The van der Waals surface area contributed by atoms with Gasteiger partial charge >= 0.3 is 6.09 Å². The summed E-state index contributed by atoms with van der Waals surface area (Å²) in [7, 11) is -2.03. The summed E-state index contributed by atoms with van der Waals surface area (Å²) in [6.07, 6.45) is -0.541. The maximum atomic E-state index is 11.8. The van der Waals surface area contributed by atoms with Gasteiger partial charge in [0.1, 0.15) is 0 Å². The van der Waals surface area contributed by atoms with E-state index in [0.29, 0.717) is 19.5 Å². The minimum Gasteiger partial charge on any atom is -0.465 e. The zero-order valence-electron chi connectivity index (χ0n) is 15.4. The molecule has 6 heteroatoms. The van der Waals surface area contributed by atoms with Crippen LogP contribution in [0.15, 0.2) is 24.3 Å². The van der Waals surface area contributed by atoms with E-state index in [1.54, 1.807) is 0 Å². The average Bonchev–Trinajstić information content (AvgIpc) is 2.50. The SMILES string of the molecule is CC(C)(C)[Si](C)(C)OC(CN)[C@@H]1Cc2ccccc2CN1C(=O)O. The molecule has 0 bridgehead atoms. The predicted octanol–water partition coefficient (Wildman–Crippen LogP) is 3.44. The van der Waals surface area contributed by atoms with Crippen LogP contribution in [0.3, 0.4) is 0 Å². The first-order valence-electron chi connectivity index (χ1n) is 8.51. The standard InChI is InChI=1S/C18H30N2O3Si/c1-18(2,3)24(4,5)23-16(11-19)15-10-13-8-6-7-9-14(13)12-20(15)17(21)22/h6-9,15-16H,10-12,19H2,1-5H3,(H,21,22)/t15-,16?/m0/s1. The fraction of sp³-hybridized carbons (Fsp3) is 0.611. The van der Waals surface area contributed by atoms with E-state index >= 15 is 0 Å². The maximum Gasteiger partial charge on any atom is 0.407 e. The Hall–Kier alpha value is -1.37. The summed E-state index contributed by atoms with van der Waals surface area (Å²) >= 11 is 0. The number of nitrogens with zero attached hydrogens (tertiary/aromatic N) is 1. The topological polar surface area (TPSA) is 75.8 Å². The Morgan fingerprint density at radius 1 is 1.38 bits per heavy atom. The fourth-order valence-electron chi connectivity index (χ4n) is 2.93. The van der Waals surface area contributed by atoms with Gasteiger partial charge in [-0.25, -0.2) is 4.79 Å². The van der Waals surface area contributed by atoms with E-state index in [1.807, 2.05) is 18.2 Å². The Balaban J connectivity index is 2.30. The molecule has 1 amide bonds. The maximum absolute atomic E-state index is 11.8. The van der Waals surface area contributed by atoms with Crippen molar-refractivity contribution in [2.24, 2.45) is 5.73 Å². The zero-order valence-corrected chi connectivity index (χ0v) is 16.4. The highest BCUT2D eigenvalue weighted by Gasteiger charge is 2.43. The van der Waals surface area contributed by atoms with E-state index in [1.165, 1.54) is 10.5 Å². The second-order valence-electron chi connectivity index (χ2n) is 8.10. The molecule has 0 aliphatic carbocycles. The van der Waals surface area contributed by atoms with Gasteiger partial charge in [-0.1, -0.05) is 45.0 Å². The van der Waals surface area contributed by atoms with E-state index < -0.39 is 14.4 Å².